The summed E-state index contributed by atoms with van der Waals surface area (Å²) in [6.07, 6.45) is -6.30. The average Bonchev–Trinajstić information content (AvgIpc) is 1.62. The van der Waals surface area contributed by atoms with Gasteiger partial charge in [0.2, 0.25) is 30.3 Å². The molecule has 4 saturated heterocycles. The normalized spacial score (nSPS) is 21.7. The highest BCUT2D eigenvalue weighted by Gasteiger charge is 2.54. The lowest BCUT2D eigenvalue weighted by Crippen LogP contribution is -2.37. The molecule has 9 N–H and O–H groups in total. The molecule has 14 heterocycles. The molecule has 145 heavy (non-hydrogen) atoms. The summed E-state index contributed by atoms with van der Waals surface area (Å²) >= 11 is 3.68. The minimum Gasteiger partial charge on any atom is -0.448 e. The molecule has 4 aliphatic rings. The van der Waals surface area contributed by atoms with E-state index in [1.165, 1.54) is 56.8 Å². The lowest BCUT2D eigenvalue weighted by atomic mass is 10.1. The molecule has 0 radical (unpaired) electrons. The maximum absolute atomic E-state index is 16.3. The highest BCUT2D eigenvalue weighted by atomic mass is 32.1. The van der Waals surface area contributed by atoms with Crippen LogP contribution in [-0.4, -0.2) is 235 Å². The summed E-state index contributed by atoms with van der Waals surface area (Å²) in [6.45, 7) is 25.7. The van der Waals surface area contributed by atoms with Crippen LogP contribution in [0.4, 0.5) is 45.9 Å². The van der Waals surface area contributed by atoms with E-state index in [1.807, 2.05) is 107 Å². The molecule has 2 aromatic carbocycles. The van der Waals surface area contributed by atoms with Crippen molar-refractivity contribution in [2.24, 2.45) is 11.8 Å². The van der Waals surface area contributed by atoms with Gasteiger partial charge < -0.3 is 66.9 Å². The van der Waals surface area contributed by atoms with E-state index in [0.29, 0.717) is 17.5 Å². The average molecular weight is 2110 g/mol. The predicted molar refractivity (Wildman–Crippen MR) is 527 cm³/mol. The molecule has 2 unspecified atom stereocenters. The number of pyridine rings is 2. The van der Waals surface area contributed by atoms with Gasteiger partial charge in [0, 0.05) is 66.2 Å². The van der Waals surface area contributed by atoms with Crippen molar-refractivity contribution in [2.45, 2.75) is 213 Å². The molecule has 0 aliphatic carbocycles. The minimum absolute atomic E-state index is 0. The second-order valence-corrected chi connectivity index (χ2v) is 35.6. The first kappa shape index (κ1) is 116. The van der Waals surface area contributed by atoms with Crippen molar-refractivity contribution < 1.29 is 112 Å². The van der Waals surface area contributed by atoms with Crippen molar-refractivity contribution in [2.75, 3.05) is 54.2 Å². The van der Waals surface area contributed by atoms with Crippen LogP contribution >= 0.6 is 51.9 Å². The second kappa shape index (κ2) is 56.7. The number of amides is 4. The number of aliphatic hydroxyl groups is 1. The molecule has 18 atom stereocenters. The van der Waals surface area contributed by atoms with Crippen LogP contribution in [0.15, 0.2) is 169 Å². The van der Waals surface area contributed by atoms with Crippen molar-refractivity contribution in [1.82, 2.24) is 82.7 Å². The molecule has 0 bridgehead atoms. The third-order valence-electron chi connectivity index (χ3n) is 21.2. The molecule has 12 aromatic rings. The van der Waals surface area contributed by atoms with Crippen LogP contribution in [0, 0.1) is 41.1 Å². The first-order valence-electron chi connectivity index (χ1n) is 44.7. The van der Waals surface area contributed by atoms with Gasteiger partial charge in [-0.15, -0.1) is 0 Å². The minimum atomic E-state index is -2.59. The van der Waals surface area contributed by atoms with Crippen LogP contribution in [0.1, 0.15) is 148 Å². The first-order valence-corrected chi connectivity index (χ1v) is 48.1. The van der Waals surface area contributed by atoms with E-state index in [9.17, 15) is 52.9 Å². The topological polar surface area (TPSA) is 570 Å². The molecular weight excluding hydrogens is 2000 g/mol. The van der Waals surface area contributed by atoms with Gasteiger partial charge in [-0.25, -0.2) is 88.0 Å². The number of ether oxygens (including phenoxy) is 5. The number of halogens is 4. The second-order valence-electron chi connectivity index (χ2n) is 32.3. The maximum Gasteiger partial charge on any atom is 0.364 e. The number of carbonyl (C=O) groups is 5. The quantitative estimate of drug-likeness (QED) is 0.00464. The number of hydrogen-bond acceptors (Lipinski definition) is 33. The molecule has 4 fully saturated rings. The summed E-state index contributed by atoms with van der Waals surface area (Å²) < 4.78 is 145. The number of imidazole rings is 4. The number of nitriles is 2. The Morgan fingerprint density at radius 3 is 1.37 bits per heavy atom. The Hall–Kier alpha value is -12.7. The van der Waals surface area contributed by atoms with E-state index in [2.05, 4.69) is 109 Å². The molecule has 0 spiro atoms. The van der Waals surface area contributed by atoms with Crippen LogP contribution in [0.25, 0.3) is 49.5 Å². The number of aromatic nitrogens is 18. The Kier molecular flexibility index (Phi) is 45.3. The Morgan fingerprint density at radius 1 is 0.566 bits per heavy atom. The first-order chi connectivity index (χ1) is 68.9. The van der Waals surface area contributed by atoms with Crippen molar-refractivity contribution in [3.8, 4) is 12.1 Å². The molecule has 10 aromatic heterocycles. The fourth-order valence-corrected chi connectivity index (χ4v) is 17.8. The van der Waals surface area contributed by atoms with E-state index in [1.54, 1.807) is 101 Å². The number of H-pyrrole nitrogens is 4. The number of aromatic amines is 4. The van der Waals surface area contributed by atoms with Gasteiger partial charge in [0.1, 0.15) is 49.8 Å². The number of anilines is 4. The smallest absolute Gasteiger partial charge is 0.364 e. The van der Waals surface area contributed by atoms with Gasteiger partial charge in [0.15, 0.2) is 137 Å². The van der Waals surface area contributed by atoms with Crippen molar-refractivity contribution in [3.05, 3.63) is 203 Å². The number of rotatable bonds is 34. The van der Waals surface area contributed by atoms with Gasteiger partial charge in [-0.3, -0.25) is 72.2 Å². The monoisotopic (exact) mass is 2110 g/mol. The Bertz CT molecular complexity index is 6380. The zero-order chi connectivity index (χ0) is 103. The highest BCUT2D eigenvalue weighted by Crippen LogP contribution is 2.53. The summed E-state index contributed by atoms with van der Waals surface area (Å²) in [5, 5.41) is 35.2. The number of thiol groups is 1. The van der Waals surface area contributed by atoms with Gasteiger partial charge in [0.05, 0.1) is 75.9 Å². The third-order valence-corrected chi connectivity index (χ3v) is 25.0. The number of benzene rings is 2. The van der Waals surface area contributed by atoms with E-state index in [0.717, 1.165) is 6.33 Å². The highest BCUT2D eigenvalue weighted by molar-refractivity contribution is 7.96. The Balaban J connectivity index is 0.000000237. The predicted octanol–water partition coefficient (Wildman–Crippen LogP) is 12.9. The number of carbonyl (C=O) groups excluding carboxylic acids is 5. The molecule has 4 amide bonds. The number of hydrogen-bond donors (Lipinski definition) is 8. The van der Waals surface area contributed by atoms with Crippen LogP contribution in [0.5, 0.6) is 0 Å². The van der Waals surface area contributed by atoms with E-state index in [4.69, 9.17) is 62.7 Å². The number of nitrogens with zero attached hydrogens (tertiary/aromatic N) is 18. The van der Waals surface area contributed by atoms with Gasteiger partial charge in [-0.05, 0) is 64.8 Å². The van der Waals surface area contributed by atoms with Crippen LogP contribution in [0.3, 0.4) is 0 Å². The van der Waals surface area contributed by atoms with Gasteiger partial charge in [0.25, 0.3) is 31.5 Å². The number of alkyl halides is 4. The van der Waals surface area contributed by atoms with Gasteiger partial charge in [-0.2, -0.15) is 34.0 Å². The molecule has 0 saturated carbocycles. The van der Waals surface area contributed by atoms with Crippen molar-refractivity contribution in [1.29, 1.82) is 10.5 Å². The van der Waals surface area contributed by atoms with E-state index >= 15 is 13.2 Å². The largest absolute Gasteiger partial charge is 0.448 e. The molecule has 16 rings (SSSR count). The standard InChI is InChI=1S/C36H38F2N11O10PS.C24H37FN7O5P.C17H15FN5O5P.2C5H5N.C2H3N.CH4.H2S/c1-4-19-21(37)26(34(56-19)49-16-43-24-29(49)45-35(47-32(24)52)46-30(50)17(2)3)59-60(54-12-8-11-39)55-13-20-25(58-36(53)61)22(38)33(57-20)48-15-42-23-27(40-14-41-28(23)48)44-31(51)18-9-6-5-7-10-18;1-9-16-17(25)19(37-38(35-11-10-26-8)32(14(4)5)15(6)7)23(36-16)31-12-27-18-20(31)28-24(30-22(18)34)29-21(33)13(2)3;18-11-13(28-29-26)10(6-24)27-17(11)23-8-21-12-14(19-7-20-15(12)23)22-16(25)9-4-2-1-3-5-9;2*1-2-4-6-5-3-1;1-2-3;;/h5-7,9-10,14-17,19-22,25-26,33-34H,4,8,12-13H2,1-3H3,(H,53,61)(H,40,41,44,51)(H2,45,46,47,50,52);12-17,19,23H,9-11H2,1-7H3,(H2,28,29,30,33,34);1-5,7-8,10-11,13,17,24H,6H2,(H,19,20,22,25);2*1-5H;1H3;1H4;1H2/p+2/t19-,20-,21-,22+,25-,26-,33-,34-,60?;16-,17-,19-,23-,38?;10-,11+,13-,17-;;;;;/m111...../s1. The Labute approximate surface area is 844 Å². The van der Waals surface area contributed by atoms with Gasteiger partial charge >= 0.3 is 22.6 Å². The number of aliphatic hydroxyl groups excluding tert-OH is 1. The molecule has 774 valence electrons. The van der Waals surface area contributed by atoms with Gasteiger partial charge in [-0.1, -0.05) is 110 Å². The van der Waals surface area contributed by atoms with Crippen molar-refractivity contribution in [3.63, 3.8) is 0 Å². The van der Waals surface area contributed by atoms with Crippen LogP contribution < -0.4 is 42.4 Å². The van der Waals surface area contributed by atoms with Crippen LogP contribution in [-0.2, 0) is 65.0 Å². The summed E-state index contributed by atoms with van der Waals surface area (Å²) in [7, 11) is -5.08. The van der Waals surface area contributed by atoms with Crippen LogP contribution in [0.2, 0.25) is 0 Å². The summed E-state index contributed by atoms with van der Waals surface area (Å²) in [5.41, 5.74) is 0.132. The molecule has 55 heteroatoms. The Morgan fingerprint density at radius 2 is 0.979 bits per heavy atom. The lowest BCUT2D eigenvalue weighted by molar-refractivity contribution is -0.378. The lowest BCUT2D eigenvalue weighted by Gasteiger charge is -2.37. The summed E-state index contributed by atoms with van der Waals surface area (Å²) in [5.74, 6) is -2.40. The molecule has 4 aliphatic heterocycles. The van der Waals surface area contributed by atoms with E-state index < -0.39 is 172 Å². The van der Waals surface area contributed by atoms with Crippen molar-refractivity contribution >= 4 is 149 Å². The van der Waals surface area contributed by atoms with E-state index in [-0.39, 0.29) is 152 Å². The number of nitrogens with one attached hydrogen (secondary N) is 8. The zero-order valence-corrected chi connectivity index (χ0v) is 83.8. The number of fused-ring (bicyclic) bond motifs is 4. The maximum atomic E-state index is 16.3. The SMILES string of the molecule is C.CC#N.CC[C@H]1O[C@@H](n2cnc3c(=O)[nH]c(NC(=O)C(C)C)nc32)[C@H](OP(OCCC#N)OC[C@H]2O[C@@H](n3cnc4c(NC(=O)c5ccccc5)ncnc43)[C@@H](F)[C@@H]2OC(=O)S)[C@@H]1F.O=PO[C@H]1[C@H](F)[C@H](n2cnc3c(NC(=O)c4ccccc4)ncnc32)O[C@@H]1CO.S.[C-]#[N+]CCOP(O[C@@H]1[C@H](F)[C@@H](CC)O[C@H]1n1cnc2c(=O)[nH]c(NC(=O)C(C)C)nc21)N(C(C)C)C(C)C.c1cc[nH+]cc1.c1cc[nH+]cc1. The fraction of sp³-hybridized carbons (Fsp3) is 0.444. The fourth-order valence-electron chi connectivity index (χ4n) is 14.5. The summed E-state index contributed by atoms with van der Waals surface area (Å²) in [4.78, 5) is 144. The molecule has 46 nitrogen and oxygen atoms in total. The summed E-state index contributed by atoms with van der Waals surface area (Å²) in [6, 6.07) is 32.3. The zero-order valence-electron chi connectivity index (χ0n) is 79.3. The third kappa shape index (κ3) is 29.8. The molecular formula is C90H111F4N26O20P3S2+2.